The van der Waals surface area contributed by atoms with E-state index in [9.17, 15) is 4.21 Å². The van der Waals surface area contributed by atoms with Crippen molar-refractivity contribution in [3.63, 3.8) is 0 Å². The van der Waals surface area contributed by atoms with Crippen LogP contribution in [0, 0.1) is 6.92 Å². The number of piperidine rings is 1. The van der Waals surface area contributed by atoms with Crippen LogP contribution >= 0.6 is 11.3 Å². The third kappa shape index (κ3) is 4.08. The molecule has 1 aromatic carbocycles. The molecule has 1 unspecified atom stereocenters. The molecule has 0 bridgehead atoms. The Morgan fingerprint density at radius 1 is 1.26 bits per heavy atom. The fraction of sp³-hybridized carbons (Fsp3) is 0.381. The SMILES string of the molecule is CC[SH+](=O)N1CCC(Nc2cc(-c3ccc(C)s3)cc3ccncc23)CC1. The highest BCUT2D eigenvalue weighted by atomic mass is 32.2. The lowest BCUT2D eigenvalue weighted by Crippen LogP contribution is -2.40. The molecular weight excluding hydrogens is 374 g/mol. The minimum Gasteiger partial charge on any atom is -0.382 e. The third-order valence-electron chi connectivity index (χ3n) is 5.20. The van der Waals surface area contributed by atoms with Crippen LogP contribution in [0.15, 0.2) is 42.7 Å². The van der Waals surface area contributed by atoms with E-state index in [1.807, 2.05) is 30.7 Å². The van der Waals surface area contributed by atoms with Crippen molar-refractivity contribution in [3.8, 4) is 10.4 Å². The van der Waals surface area contributed by atoms with Crippen LogP contribution in [0.4, 0.5) is 5.69 Å². The average molecular weight is 401 g/mol. The summed E-state index contributed by atoms with van der Waals surface area (Å²) in [4.78, 5) is 6.96. The molecule has 3 aromatic rings. The van der Waals surface area contributed by atoms with Crippen molar-refractivity contribution in [2.45, 2.75) is 32.7 Å². The summed E-state index contributed by atoms with van der Waals surface area (Å²) in [6.45, 7) is 5.95. The number of thiol groups is 1. The number of pyridine rings is 1. The summed E-state index contributed by atoms with van der Waals surface area (Å²) in [5.74, 6) is 0.742. The summed E-state index contributed by atoms with van der Waals surface area (Å²) < 4.78 is 14.2. The van der Waals surface area contributed by atoms with Crippen molar-refractivity contribution in [3.05, 3.63) is 47.6 Å². The normalized spacial score (nSPS) is 17.3. The molecule has 4 nitrogen and oxygen atoms in total. The van der Waals surface area contributed by atoms with E-state index in [-0.39, 0.29) is 0 Å². The number of fused-ring (bicyclic) bond motifs is 1. The zero-order valence-corrected chi connectivity index (χ0v) is 17.5. The topological polar surface area (TPSA) is 45.2 Å². The monoisotopic (exact) mass is 400 g/mol. The van der Waals surface area contributed by atoms with Gasteiger partial charge in [-0.1, -0.05) is 4.21 Å². The van der Waals surface area contributed by atoms with E-state index in [0.717, 1.165) is 42.8 Å². The Morgan fingerprint density at radius 2 is 2.07 bits per heavy atom. The van der Waals surface area contributed by atoms with Gasteiger partial charge in [-0.2, -0.15) is 0 Å². The van der Waals surface area contributed by atoms with E-state index in [0.29, 0.717) is 6.04 Å². The molecule has 1 fully saturated rings. The molecule has 1 saturated heterocycles. The van der Waals surface area contributed by atoms with E-state index >= 15 is 0 Å². The Bertz CT molecular complexity index is 961. The quantitative estimate of drug-likeness (QED) is 0.495. The standard InChI is InChI=1S/C21H25N3OS2/c1-3-27(25)24-10-7-18(8-11-24)23-20-13-17(21-5-4-15(2)26-21)12-16-6-9-22-14-19(16)20/h4-6,9,12-14,18,23H,3,7-8,10-11H2,1-2H3/p+1. The lowest BCUT2D eigenvalue weighted by atomic mass is 10.0. The molecular formula is C21H26N3OS2+. The predicted octanol–water partition coefficient (Wildman–Crippen LogP) is 4.78. The molecule has 1 aliphatic rings. The molecule has 0 radical (unpaired) electrons. The van der Waals surface area contributed by atoms with Gasteiger partial charge in [0.25, 0.3) is 0 Å². The highest BCUT2D eigenvalue weighted by Gasteiger charge is 2.25. The summed E-state index contributed by atoms with van der Waals surface area (Å²) in [5, 5.41) is 6.14. The Labute approximate surface area is 167 Å². The number of benzene rings is 1. The number of rotatable bonds is 5. The van der Waals surface area contributed by atoms with Crippen LogP contribution in [0.1, 0.15) is 24.6 Å². The van der Waals surface area contributed by atoms with Gasteiger partial charge in [-0.05, 0) is 68.0 Å². The molecule has 3 heterocycles. The van der Waals surface area contributed by atoms with Gasteiger partial charge in [0, 0.05) is 52.4 Å². The van der Waals surface area contributed by atoms with Crippen LogP contribution in [0.3, 0.4) is 0 Å². The average Bonchev–Trinajstić information content (AvgIpc) is 3.14. The van der Waals surface area contributed by atoms with Crippen molar-refractivity contribution < 1.29 is 4.21 Å². The van der Waals surface area contributed by atoms with E-state index in [2.05, 4.69) is 51.9 Å². The number of hydrogen-bond acceptors (Lipinski definition) is 4. The fourth-order valence-electron chi connectivity index (χ4n) is 3.70. The van der Waals surface area contributed by atoms with Crippen LogP contribution in [-0.4, -0.2) is 34.2 Å². The van der Waals surface area contributed by atoms with Gasteiger partial charge in [0.15, 0.2) is 0 Å². The molecule has 142 valence electrons. The summed E-state index contributed by atoms with van der Waals surface area (Å²) in [6, 6.07) is 11.4. The number of anilines is 1. The molecule has 1 aliphatic heterocycles. The Hall–Kier alpha value is -1.76. The highest BCUT2D eigenvalue weighted by Crippen LogP contribution is 2.35. The van der Waals surface area contributed by atoms with E-state index in [1.54, 1.807) is 0 Å². The summed E-state index contributed by atoms with van der Waals surface area (Å²) in [6.07, 6.45) is 5.84. The fourth-order valence-corrected chi connectivity index (χ4v) is 5.63. The number of nitrogens with one attached hydrogen (secondary N) is 1. The van der Waals surface area contributed by atoms with Crippen LogP contribution < -0.4 is 5.32 Å². The first-order valence-electron chi connectivity index (χ1n) is 9.54. The number of nitrogens with zero attached hydrogens (tertiary/aromatic N) is 2. The van der Waals surface area contributed by atoms with Gasteiger partial charge in [0.2, 0.25) is 0 Å². The molecule has 0 saturated carbocycles. The summed E-state index contributed by atoms with van der Waals surface area (Å²) >= 11 is 1.83. The second-order valence-electron chi connectivity index (χ2n) is 7.07. The second kappa shape index (κ2) is 8.09. The maximum atomic E-state index is 12.1. The van der Waals surface area contributed by atoms with Gasteiger partial charge in [-0.25, -0.2) is 0 Å². The molecule has 2 aromatic heterocycles. The van der Waals surface area contributed by atoms with Crippen molar-refractivity contribution in [1.29, 1.82) is 0 Å². The largest absolute Gasteiger partial charge is 0.382 e. The zero-order chi connectivity index (χ0) is 18.8. The number of hydrogen-bond donors (Lipinski definition) is 1. The number of aromatic nitrogens is 1. The molecule has 0 spiro atoms. The first-order chi connectivity index (χ1) is 13.1. The smallest absolute Gasteiger partial charge is 0.144 e. The Balaban J connectivity index is 1.60. The van der Waals surface area contributed by atoms with Crippen LogP contribution in [0.25, 0.3) is 21.2 Å². The van der Waals surface area contributed by atoms with Gasteiger partial charge in [0.05, 0.1) is 0 Å². The molecule has 1 atom stereocenters. The first-order valence-corrected chi connectivity index (χ1v) is 11.8. The number of thiophene rings is 1. The van der Waals surface area contributed by atoms with Crippen molar-refractivity contribution in [1.82, 2.24) is 9.29 Å². The second-order valence-corrected chi connectivity index (χ2v) is 10.3. The summed E-state index contributed by atoms with van der Waals surface area (Å²) in [7, 11) is -1.19. The maximum absolute atomic E-state index is 12.1. The van der Waals surface area contributed by atoms with Gasteiger partial charge in [-0.3, -0.25) is 4.98 Å². The van der Waals surface area contributed by atoms with Gasteiger partial charge >= 0.3 is 0 Å². The van der Waals surface area contributed by atoms with E-state index in [4.69, 9.17) is 0 Å². The lowest BCUT2D eigenvalue weighted by Gasteiger charge is -2.29. The zero-order valence-electron chi connectivity index (χ0n) is 15.8. The van der Waals surface area contributed by atoms with Crippen molar-refractivity contribution >= 4 is 38.8 Å². The highest BCUT2D eigenvalue weighted by molar-refractivity contribution is 7.82. The van der Waals surface area contributed by atoms with Gasteiger partial charge < -0.3 is 5.32 Å². The van der Waals surface area contributed by atoms with Crippen LogP contribution in [0.2, 0.25) is 0 Å². The van der Waals surface area contributed by atoms with Crippen LogP contribution in [0.5, 0.6) is 0 Å². The molecule has 1 N–H and O–H groups in total. The van der Waals surface area contributed by atoms with Gasteiger partial charge in [-0.15, -0.1) is 15.6 Å². The minimum atomic E-state index is -1.19. The van der Waals surface area contributed by atoms with Crippen molar-refractivity contribution in [2.75, 3.05) is 24.2 Å². The lowest BCUT2D eigenvalue weighted by molar-refractivity contribution is 0.342. The molecule has 0 amide bonds. The molecule has 0 aliphatic carbocycles. The molecule has 27 heavy (non-hydrogen) atoms. The minimum absolute atomic E-state index is 0.408. The predicted molar refractivity (Wildman–Crippen MR) is 118 cm³/mol. The number of aryl methyl sites for hydroxylation is 1. The molecule has 6 heteroatoms. The Morgan fingerprint density at radius 3 is 2.78 bits per heavy atom. The van der Waals surface area contributed by atoms with Crippen molar-refractivity contribution in [2.24, 2.45) is 0 Å². The van der Waals surface area contributed by atoms with Crippen LogP contribution in [-0.2, 0) is 15.2 Å². The maximum Gasteiger partial charge on any atom is 0.144 e. The molecule has 4 rings (SSSR count). The third-order valence-corrected chi connectivity index (χ3v) is 7.82. The van der Waals surface area contributed by atoms with E-state index in [1.165, 1.54) is 20.7 Å². The Kier molecular flexibility index (Phi) is 5.57. The summed E-state index contributed by atoms with van der Waals surface area (Å²) in [5.41, 5.74) is 2.40. The first kappa shape index (κ1) is 18.6. The van der Waals surface area contributed by atoms with Gasteiger partial charge in [0.1, 0.15) is 16.7 Å². The van der Waals surface area contributed by atoms with E-state index < -0.39 is 11.0 Å².